The van der Waals surface area contributed by atoms with Crippen molar-refractivity contribution in [2.75, 3.05) is 14.1 Å². The van der Waals surface area contributed by atoms with Crippen LogP contribution in [-0.2, 0) is 20.1 Å². The average molecular weight is 441 g/mol. The number of nitrogens with two attached hydrogens (primary N) is 1. The molecule has 24 heavy (non-hydrogen) atoms. The fourth-order valence-corrected chi connectivity index (χ4v) is 2.38. The van der Waals surface area contributed by atoms with E-state index in [2.05, 4.69) is 20.9 Å². The summed E-state index contributed by atoms with van der Waals surface area (Å²) in [6, 6.07) is 11.4. The first-order valence-electron chi connectivity index (χ1n) is 7.42. The summed E-state index contributed by atoms with van der Waals surface area (Å²) in [5.74, 6) is 0.368. The van der Waals surface area contributed by atoms with Crippen LogP contribution in [-0.4, -0.2) is 35.4 Å². The number of hydrogen-bond acceptors (Lipinski definition) is 2. The number of aliphatic imine (C=N–C) groups is 1. The molecule has 1 aromatic carbocycles. The van der Waals surface area contributed by atoms with Crippen molar-refractivity contribution in [2.24, 2.45) is 17.8 Å². The highest BCUT2D eigenvalue weighted by Gasteiger charge is 2.09. The van der Waals surface area contributed by atoms with E-state index >= 15 is 0 Å². The molecule has 1 amide bonds. The van der Waals surface area contributed by atoms with Crippen LogP contribution < -0.4 is 11.1 Å². The Morgan fingerprint density at radius 2 is 2.08 bits per heavy atom. The van der Waals surface area contributed by atoms with E-state index in [9.17, 15) is 4.79 Å². The van der Waals surface area contributed by atoms with E-state index in [-0.39, 0.29) is 24.0 Å². The molecule has 0 radical (unpaired) electrons. The highest BCUT2D eigenvalue weighted by Crippen LogP contribution is 2.06. The maximum absolute atomic E-state index is 11.2. The Morgan fingerprint density at radius 3 is 2.67 bits per heavy atom. The number of carbonyl (C=O) groups is 1. The molecule has 0 bridgehead atoms. The van der Waals surface area contributed by atoms with Crippen molar-refractivity contribution >= 4 is 35.8 Å². The summed E-state index contributed by atoms with van der Waals surface area (Å²) in [5, 5.41) is 3.30. The highest BCUT2D eigenvalue weighted by molar-refractivity contribution is 14.0. The highest BCUT2D eigenvalue weighted by atomic mass is 127. The second kappa shape index (κ2) is 9.31. The Morgan fingerprint density at radius 1 is 1.33 bits per heavy atom. The van der Waals surface area contributed by atoms with Crippen LogP contribution in [0.15, 0.2) is 47.6 Å². The van der Waals surface area contributed by atoms with E-state index in [0.717, 1.165) is 18.1 Å². The number of carbonyl (C=O) groups excluding carboxylic acids is 1. The maximum Gasteiger partial charge on any atom is 0.248 e. The number of benzene rings is 1. The lowest BCUT2D eigenvalue weighted by Crippen LogP contribution is -2.38. The zero-order valence-corrected chi connectivity index (χ0v) is 16.5. The van der Waals surface area contributed by atoms with Crippen LogP contribution in [0.25, 0.3) is 0 Å². The summed E-state index contributed by atoms with van der Waals surface area (Å²) >= 11 is 0. The van der Waals surface area contributed by atoms with Crippen LogP contribution in [0.2, 0.25) is 0 Å². The fraction of sp³-hybridized carbons (Fsp3) is 0.294. The molecule has 2 rings (SSSR count). The zero-order valence-electron chi connectivity index (χ0n) is 14.2. The normalized spacial score (nSPS) is 10.9. The summed E-state index contributed by atoms with van der Waals surface area (Å²) in [6.07, 6.45) is 2.02. The molecule has 0 unspecified atom stereocenters. The lowest BCUT2D eigenvalue weighted by atomic mass is 10.1. The minimum atomic E-state index is -0.419. The molecule has 6 nitrogen and oxygen atoms in total. The topological polar surface area (TPSA) is 75.6 Å². The van der Waals surface area contributed by atoms with Gasteiger partial charge in [-0.2, -0.15) is 0 Å². The molecule has 0 fully saturated rings. The monoisotopic (exact) mass is 441 g/mol. The Balaban J connectivity index is 0.00000288. The van der Waals surface area contributed by atoms with Gasteiger partial charge >= 0.3 is 0 Å². The molecule has 7 heteroatoms. The standard InChI is InChI=1S/C17H23N5O.HI/c1-19-17(22(3)12-15-8-5-9-21(15)2)20-11-13-6-4-7-14(10-13)16(18)23;/h4-10H,11-12H2,1-3H3,(H2,18,23)(H,19,20);1H. The third-order valence-corrected chi connectivity index (χ3v) is 3.69. The molecule has 1 heterocycles. The van der Waals surface area contributed by atoms with Crippen LogP contribution in [0, 0.1) is 0 Å². The third-order valence-electron chi connectivity index (χ3n) is 3.69. The Bertz CT molecular complexity index is 711. The average Bonchev–Trinajstić information content (AvgIpc) is 2.93. The van der Waals surface area contributed by atoms with Gasteiger partial charge in [-0.3, -0.25) is 9.79 Å². The summed E-state index contributed by atoms with van der Waals surface area (Å²) < 4.78 is 2.08. The molecule has 0 spiro atoms. The number of nitrogens with zero attached hydrogens (tertiary/aromatic N) is 3. The lowest BCUT2D eigenvalue weighted by Gasteiger charge is -2.22. The van der Waals surface area contributed by atoms with Gasteiger partial charge in [0.15, 0.2) is 5.96 Å². The van der Waals surface area contributed by atoms with Gasteiger partial charge < -0.3 is 20.5 Å². The first-order valence-corrected chi connectivity index (χ1v) is 7.42. The fourth-order valence-electron chi connectivity index (χ4n) is 2.38. The van der Waals surface area contributed by atoms with Gasteiger partial charge in [0, 0.05) is 45.1 Å². The largest absolute Gasteiger partial charge is 0.366 e. The molecule has 0 aliphatic carbocycles. The molecule has 0 saturated heterocycles. The number of guanidine groups is 1. The smallest absolute Gasteiger partial charge is 0.248 e. The van der Waals surface area contributed by atoms with Crippen molar-refractivity contribution in [3.8, 4) is 0 Å². The van der Waals surface area contributed by atoms with Crippen molar-refractivity contribution in [3.05, 3.63) is 59.4 Å². The van der Waals surface area contributed by atoms with E-state index in [0.29, 0.717) is 12.1 Å². The van der Waals surface area contributed by atoms with E-state index in [1.807, 2.05) is 43.4 Å². The second-order valence-electron chi connectivity index (χ2n) is 5.43. The van der Waals surface area contributed by atoms with E-state index in [1.165, 1.54) is 5.69 Å². The molecule has 3 N–H and O–H groups in total. The van der Waals surface area contributed by atoms with Crippen LogP contribution in [0.4, 0.5) is 0 Å². The Hall–Kier alpha value is -2.03. The minimum absolute atomic E-state index is 0. The van der Waals surface area contributed by atoms with Crippen LogP contribution >= 0.6 is 24.0 Å². The SMILES string of the molecule is CN=C(NCc1cccc(C(N)=O)c1)N(C)Cc1cccn1C.I. The zero-order chi connectivity index (χ0) is 16.8. The first kappa shape index (κ1) is 20.0. The van der Waals surface area contributed by atoms with Gasteiger partial charge in [-0.1, -0.05) is 12.1 Å². The predicted molar refractivity (Wildman–Crippen MR) is 107 cm³/mol. The summed E-state index contributed by atoms with van der Waals surface area (Å²) in [7, 11) is 5.76. The van der Waals surface area contributed by atoms with Crippen molar-refractivity contribution in [2.45, 2.75) is 13.1 Å². The van der Waals surface area contributed by atoms with E-state index in [4.69, 9.17) is 5.73 Å². The molecule has 0 aliphatic rings. The number of amides is 1. The molecule has 2 aromatic rings. The minimum Gasteiger partial charge on any atom is -0.366 e. The number of halogens is 1. The number of nitrogens with one attached hydrogen (secondary N) is 1. The van der Waals surface area contributed by atoms with Crippen molar-refractivity contribution in [1.29, 1.82) is 0 Å². The van der Waals surface area contributed by atoms with Gasteiger partial charge in [0.1, 0.15) is 0 Å². The van der Waals surface area contributed by atoms with Crippen molar-refractivity contribution in [3.63, 3.8) is 0 Å². The second-order valence-corrected chi connectivity index (χ2v) is 5.43. The predicted octanol–water partition coefficient (Wildman–Crippen LogP) is 1.95. The van der Waals surface area contributed by atoms with Gasteiger partial charge in [0.25, 0.3) is 0 Å². The van der Waals surface area contributed by atoms with Crippen LogP contribution in [0.5, 0.6) is 0 Å². The number of aryl methyl sites for hydroxylation is 1. The summed E-state index contributed by atoms with van der Waals surface area (Å²) in [6.45, 7) is 1.33. The van der Waals surface area contributed by atoms with Gasteiger partial charge in [-0.15, -0.1) is 24.0 Å². The number of hydrogen-bond donors (Lipinski definition) is 2. The van der Waals surface area contributed by atoms with Crippen molar-refractivity contribution in [1.82, 2.24) is 14.8 Å². The van der Waals surface area contributed by atoms with Gasteiger partial charge in [0.05, 0.1) is 6.54 Å². The van der Waals surface area contributed by atoms with Gasteiger partial charge in [-0.05, 0) is 29.8 Å². The molecule has 0 atom stereocenters. The lowest BCUT2D eigenvalue weighted by molar-refractivity contribution is 0.1000. The molecule has 0 saturated carbocycles. The molecule has 1 aromatic heterocycles. The molecular formula is C17H24IN5O. The first-order chi connectivity index (χ1) is 11.0. The molecular weight excluding hydrogens is 417 g/mol. The Kier molecular flexibility index (Phi) is 7.76. The summed E-state index contributed by atoms with van der Waals surface area (Å²) in [5.41, 5.74) is 8.00. The van der Waals surface area contributed by atoms with Crippen LogP contribution in [0.3, 0.4) is 0 Å². The number of primary amides is 1. The van der Waals surface area contributed by atoms with Gasteiger partial charge in [0.2, 0.25) is 5.91 Å². The van der Waals surface area contributed by atoms with Crippen LogP contribution in [0.1, 0.15) is 21.6 Å². The molecule has 0 aliphatic heterocycles. The van der Waals surface area contributed by atoms with E-state index < -0.39 is 5.91 Å². The third kappa shape index (κ3) is 5.26. The quantitative estimate of drug-likeness (QED) is 0.423. The summed E-state index contributed by atoms with van der Waals surface area (Å²) in [4.78, 5) is 17.6. The van der Waals surface area contributed by atoms with Gasteiger partial charge in [-0.25, -0.2) is 0 Å². The van der Waals surface area contributed by atoms with Crippen molar-refractivity contribution < 1.29 is 4.79 Å². The molecule has 130 valence electrons. The Labute approximate surface area is 159 Å². The number of rotatable bonds is 5. The maximum atomic E-state index is 11.2. The van der Waals surface area contributed by atoms with E-state index in [1.54, 1.807) is 19.2 Å². The number of aromatic nitrogens is 1.